The van der Waals surface area contributed by atoms with Crippen LogP contribution in [0.3, 0.4) is 0 Å². The molecule has 6 nitrogen and oxygen atoms in total. The van der Waals surface area contributed by atoms with Crippen LogP contribution in [0.15, 0.2) is 42.5 Å². The van der Waals surface area contributed by atoms with Gasteiger partial charge in [0.2, 0.25) is 0 Å². The predicted octanol–water partition coefficient (Wildman–Crippen LogP) is 4.67. The molecular weight excluding hydrogens is 377 g/mol. The Bertz CT molecular complexity index is 842. The molecule has 2 aromatic carbocycles. The van der Waals surface area contributed by atoms with Crippen LogP contribution in [-0.2, 0) is 11.0 Å². The third-order valence-corrected chi connectivity index (χ3v) is 3.62. The van der Waals surface area contributed by atoms with Crippen molar-refractivity contribution >= 4 is 28.9 Å². The van der Waals surface area contributed by atoms with Gasteiger partial charge in [0.25, 0.3) is 5.91 Å². The van der Waals surface area contributed by atoms with E-state index in [-0.39, 0.29) is 22.1 Å². The van der Waals surface area contributed by atoms with Gasteiger partial charge in [-0.2, -0.15) is 13.2 Å². The second kappa shape index (κ2) is 7.61. The molecule has 0 aromatic heterocycles. The van der Waals surface area contributed by atoms with Gasteiger partial charge in [-0.05, 0) is 31.2 Å². The lowest BCUT2D eigenvalue weighted by atomic mass is 10.2. The minimum atomic E-state index is -4.60. The van der Waals surface area contributed by atoms with Crippen LogP contribution >= 0.6 is 11.6 Å². The van der Waals surface area contributed by atoms with Gasteiger partial charge >= 0.3 is 11.9 Å². The molecule has 2 rings (SSSR count). The first-order chi connectivity index (χ1) is 12.1. The molecule has 2 aromatic rings. The van der Waals surface area contributed by atoms with E-state index in [1.165, 1.54) is 31.2 Å². The third kappa shape index (κ3) is 4.63. The fraction of sp³-hybridized carbons (Fsp3) is 0.188. The van der Waals surface area contributed by atoms with E-state index in [1.54, 1.807) is 0 Å². The summed E-state index contributed by atoms with van der Waals surface area (Å²) in [6.45, 7) is 1.30. The number of alkyl halides is 3. The van der Waals surface area contributed by atoms with Gasteiger partial charge in [-0.15, -0.1) is 0 Å². The Morgan fingerprint density at radius 1 is 1.27 bits per heavy atom. The van der Waals surface area contributed by atoms with E-state index in [0.29, 0.717) is 6.07 Å². The smallest absolute Gasteiger partial charge is 0.416 e. The molecule has 0 saturated carbocycles. The lowest BCUT2D eigenvalue weighted by molar-refractivity contribution is -0.386. The molecule has 0 bridgehead atoms. The number of carbonyl (C=O) groups excluding carboxylic acids is 1. The fourth-order valence-electron chi connectivity index (χ4n) is 1.98. The summed E-state index contributed by atoms with van der Waals surface area (Å²) in [6.07, 6.45) is -5.82. The summed E-state index contributed by atoms with van der Waals surface area (Å²) < 4.78 is 43.5. The molecule has 138 valence electrons. The maximum absolute atomic E-state index is 12.8. The molecule has 0 heterocycles. The van der Waals surface area contributed by atoms with E-state index >= 15 is 0 Å². The molecule has 0 spiro atoms. The van der Waals surface area contributed by atoms with Crippen LogP contribution in [0.2, 0.25) is 5.02 Å². The standard InChI is InChI=1S/C16H12ClF3N2O4/c1-9(26-14-5-3-2-4-13(14)22(24)25)15(23)21-12-8-10(16(18,19)20)6-7-11(12)17/h2-9H,1H3,(H,21,23)/t9-/m1/s1. The Hall–Kier alpha value is -2.81. The fourth-order valence-corrected chi connectivity index (χ4v) is 2.15. The van der Waals surface area contributed by atoms with Gasteiger partial charge in [-0.25, -0.2) is 0 Å². The molecule has 26 heavy (non-hydrogen) atoms. The summed E-state index contributed by atoms with van der Waals surface area (Å²) in [5.41, 5.74) is -1.57. The Labute approximate surface area is 150 Å². The van der Waals surface area contributed by atoms with Crippen molar-refractivity contribution in [1.82, 2.24) is 0 Å². The van der Waals surface area contributed by atoms with Gasteiger partial charge in [0, 0.05) is 6.07 Å². The zero-order valence-electron chi connectivity index (χ0n) is 13.2. The van der Waals surface area contributed by atoms with Crippen LogP contribution in [0.5, 0.6) is 5.75 Å². The molecule has 0 aliphatic heterocycles. The minimum absolute atomic E-state index is 0.0933. The van der Waals surface area contributed by atoms with Crippen LogP contribution < -0.4 is 10.1 Å². The van der Waals surface area contributed by atoms with Crippen molar-refractivity contribution in [3.05, 3.63) is 63.2 Å². The quantitative estimate of drug-likeness (QED) is 0.596. The number of carbonyl (C=O) groups is 1. The third-order valence-electron chi connectivity index (χ3n) is 3.29. The molecule has 1 N–H and O–H groups in total. The second-order valence-electron chi connectivity index (χ2n) is 5.17. The van der Waals surface area contributed by atoms with Gasteiger partial charge in [-0.3, -0.25) is 14.9 Å². The van der Waals surface area contributed by atoms with E-state index in [2.05, 4.69) is 5.32 Å². The first kappa shape index (κ1) is 19.5. The summed E-state index contributed by atoms with van der Waals surface area (Å²) in [5, 5.41) is 13.1. The van der Waals surface area contributed by atoms with E-state index in [9.17, 15) is 28.1 Å². The monoisotopic (exact) mass is 388 g/mol. The number of nitrogens with one attached hydrogen (secondary N) is 1. The maximum atomic E-state index is 12.8. The number of nitrogens with zero attached hydrogens (tertiary/aromatic N) is 1. The van der Waals surface area contributed by atoms with Crippen molar-refractivity contribution < 1.29 is 27.6 Å². The average Bonchev–Trinajstić information content (AvgIpc) is 2.56. The molecule has 0 unspecified atom stereocenters. The van der Waals surface area contributed by atoms with Crippen LogP contribution in [0.25, 0.3) is 0 Å². The number of nitro groups is 1. The molecule has 0 radical (unpaired) electrons. The lowest BCUT2D eigenvalue weighted by Crippen LogP contribution is -2.30. The molecular formula is C16H12ClF3N2O4. The van der Waals surface area contributed by atoms with E-state index in [0.717, 1.165) is 12.1 Å². The average molecular weight is 389 g/mol. The van der Waals surface area contributed by atoms with Gasteiger partial charge in [-0.1, -0.05) is 23.7 Å². The van der Waals surface area contributed by atoms with E-state index in [1.807, 2.05) is 0 Å². The highest BCUT2D eigenvalue weighted by atomic mass is 35.5. The number of benzene rings is 2. The topological polar surface area (TPSA) is 81.5 Å². The Kier molecular flexibility index (Phi) is 5.71. The molecule has 0 fully saturated rings. The zero-order valence-corrected chi connectivity index (χ0v) is 14.0. The zero-order chi connectivity index (χ0) is 19.5. The van der Waals surface area contributed by atoms with Crippen LogP contribution in [0.4, 0.5) is 24.5 Å². The van der Waals surface area contributed by atoms with Gasteiger partial charge in [0.15, 0.2) is 11.9 Å². The van der Waals surface area contributed by atoms with Crippen LogP contribution in [0.1, 0.15) is 12.5 Å². The Morgan fingerprint density at radius 2 is 1.92 bits per heavy atom. The van der Waals surface area contributed by atoms with Crippen molar-refractivity contribution in [2.45, 2.75) is 19.2 Å². The highest BCUT2D eigenvalue weighted by Gasteiger charge is 2.31. The van der Waals surface area contributed by atoms with Crippen LogP contribution in [0, 0.1) is 10.1 Å². The minimum Gasteiger partial charge on any atom is -0.474 e. The number of hydrogen-bond acceptors (Lipinski definition) is 4. The van der Waals surface area contributed by atoms with Crippen LogP contribution in [-0.4, -0.2) is 16.9 Å². The predicted molar refractivity (Wildman–Crippen MR) is 88.3 cm³/mol. The number of anilines is 1. The highest BCUT2D eigenvalue weighted by Crippen LogP contribution is 2.34. The lowest BCUT2D eigenvalue weighted by Gasteiger charge is -2.16. The number of amides is 1. The van der Waals surface area contributed by atoms with Crippen molar-refractivity contribution in [2.24, 2.45) is 0 Å². The van der Waals surface area contributed by atoms with Crippen molar-refractivity contribution in [1.29, 1.82) is 0 Å². The summed E-state index contributed by atoms with van der Waals surface area (Å²) in [5.74, 6) is -0.959. The number of nitro benzene ring substituents is 1. The van der Waals surface area contributed by atoms with Crippen molar-refractivity contribution in [2.75, 3.05) is 5.32 Å². The molecule has 10 heteroatoms. The van der Waals surface area contributed by atoms with Gasteiger partial charge < -0.3 is 10.1 Å². The van der Waals surface area contributed by atoms with E-state index < -0.39 is 28.7 Å². The summed E-state index contributed by atoms with van der Waals surface area (Å²) in [6, 6.07) is 7.90. The molecule has 0 saturated heterocycles. The van der Waals surface area contributed by atoms with Gasteiger partial charge in [0.1, 0.15) is 0 Å². The first-order valence-corrected chi connectivity index (χ1v) is 7.55. The molecule has 1 atom stereocenters. The first-order valence-electron chi connectivity index (χ1n) is 7.17. The Balaban J connectivity index is 2.17. The van der Waals surface area contributed by atoms with Crippen molar-refractivity contribution in [3.63, 3.8) is 0 Å². The SMILES string of the molecule is C[C@@H](Oc1ccccc1[N+](=O)[O-])C(=O)Nc1cc(C(F)(F)F)ccc1Cl. The van der Waals surface area contributed by atoms with Crippen molar-refractivity contribution in [3.8, 4) is 5.75 Å². The summed E-state index contributed by atoms with van der Waals surface area (Å²) in [7, 11) is 0. The maximum Gasteiger partial charge on any atom is 0.416 e. The van der Waals surface area contributed by atoms with Gasteiger partial charge in [0.05, 0.1) is 21.2 Å². The Morgan fingerprint density at radius 3 is 2.54 bits per heavy atom. The molecule has 0 aliphatic carbocycles. The number of para-hydroxylation sites is 2. The number of rotatable bonds is 5. The highest BCUT2D eigenvalue weighted by molar-refractivity contribution is 6.33. The van der Waals surface area contributed by atoms with E-state index in [4.69, 9.17) is 16.3 Å². The normalized spacial score (nSPS) is 12.3. The summed E-state index contributed by atoms with van der Waals surface area (Å²) in [4.78, 5) is 22.4. The summed E-state index contributed by atoms with van der Waals surface area (Å²) >= 11 is 5.81. The number of hydrogen-bond donors (Lipinski definition) is 1. The largest absolute Gasteiger partial charge is 0.474 e. The second-order valence-corrected chi connectivity index (χ2v) is 5.57. The molecule has 0 aliphatic rings. The molecule has 1 amide bonds. The number of ether oxygens (including phenoxy) is 1. The number of halogens is 4.